The summed E-state index contributed by atoms with van der Waals surface area (Å²) in [6, 6.07) is 5.24. The monoisotopic (exact) mass is 317 g/mol. The molecule has 1 aromatic carbocycles. The second-order valence-corrected chi connectivity index (χ2v) is 5.48. The number of nitrogens with one attached hydrogen (secondary N) is 1. The van der Waals surface area contributed by atoms with Crippen LogP contribution in [0.4, 0.5) is 8.78 Å². The molecule has 0 spiro atoms. The lowest BCUT2D eigenvalue weighted by Crippen LogP contribution is -2.35. The largest absolute Gasteiger partial charge is 0.441 e. The maximum atomic E-state index is 13.7. The quantitative estimate of drug-likeness (QED) is 0.919. The van der Waals surface area contributed by atoms with Crippen LogP contribution in [0.15, 0.2) is 28.8 Å². The highest BCUT2D eigenvalue weighted by molar-refractivity contribution is 5.78. The molecule has 0 unspecified atom stereocenters. The van der Waals surface area contributed by atoms with Gasteiger partial charge in [-0.2, -0.15) is 5.26 Å². The molecule has 3 rings (SSSR count). The molecule has 0 radical (unpaired) electrons. The van der Waals surface area contributed by atoms with Gasteiger partial charge in [-0.1, -0.05) is 0 Å². The Kier molecular flexibility index (Phi) is 3.82. The van der Waals surface area contributed by atoms with Crippen LogP contribution in [-0.2, 0) is 11.2 Å². The third-order valence-corrected chi connectivity index (χ3v) is 3.66. The van der Waals surface area contributed by atoms with Crippen LogP contribution in [-0.4, -0.2) is 16.4 Å². The zero-order valence-corrected chi connectivity index (χ0v) is 12.1. The predicted octanol–water partition coefficient (Wildman–Crippen LogP) is 2.72. The summed E-state index contributed by atoms with van der Waals surface area (Å²) >= 11 is 0. The molecule has 1 fully saturated rings. The number of halogens is 2. The molecule has 1 aliphatic rings. The van der Waals surface area contributed by atoms with Gasteiger partial charge in [0, 0.05) is 18.9 Å². The molecule has 1 amide bonds. The van der Waals surface area contributed by atoms with Gasteiger partial charge in [-0.25, -0.2) is 13.8 Å². The van der Waals surface area contributed by atoms with Crippen LogP contribution in [0.25, 0.3) is 11.3 Å². The summed E-state index contributed by atoms with van der Waals surface area (Å²) in [5.74, 6) is -1.21. The second-order valence-electron chi connectivity index (χ2n) is 5.48. The van der Waals surface area contributed by atoms with Crippen molar-refractivity contribution in [3.8, 4) is 17.4 Å². The first-order chi connectivity index (χ1) is 11.0. The molecule has 118 valence electrons. The van der Waals surface area contributed by atoms with Gasteiger partial charge < -0.3 is 9.73 Å². The fraction of sp³-hybridized carbons (Fsp3) is 0.312. The van der Waals surface area contributed by atoms with Gasteiger partial charge in [-0.3, -0.25) is 4.79 Å². The number of amides is 1. The number of aryl methyl sites for hydroxylation is 1. The zero-order valence-electron chi connectivity index (χ0n) is 12.1. The Morgan fingerprint density at radius 3 is 2.87 bits per heavy atom. The first-order valence-corrected chi connectivity index (χ1v) is 7.14. The summed E-state index contributed by atoms with van der Waals surface area (Å²) in [4.78, 5) is 15.8. The first kappa shape index (κ1) is 15.2. The molecule has 5 nitrogen and oxygen atoms in total. The molecule has 0 saturated heterocycles. The molecule has 7 heteroatoms. The van der Waals surface area contributed by atoms with Crippen LogP contribution in [0, 0.1) is 23.0 Å². The van der Waals surface area contributed by atoms with Crippen molar-refractivity contribution < 1.29 is 18.0 Å². The Hall–Kier alpha value is -2.75. The molecular weight excluding hydrogens is 304 g/mol. The molecule has 1 aliphatic carbocycles. The Morgan fingerprint density at radius 2 is 2.22 bits per heavy atom. The van der Waals surface area contributed by atoms with Crippen LogP contribution in [0.2, 0.25) is 0 Å². The highest BCUT2D eigenvalue weighted by atomic mass is 19.1. The maximum Gasteiger partial charge on any atom is 0.221 e. The third kappa shape index (κ3) is 3.37. The number of nitriles is 1. The number of oxazole rings is 1. The number of hydrogen-bond acceptors (Lipinski definition) is 4. The van der Waals surface area contributed by atoms with Gasteiger partial charge in [0.05, 0.1) is 17.8 Å². The van der Waals surface area contributed by atoms with E-state index in [9.17, 15) is 13.6 Å². The smallest absolute Gasteiger partial charge is 0.221 e. The Morgan fingerprint density at radius 1 is 1.43 bits per heavy atom. The molecular formula is C16H13F2N3O2. The van der Waals surface area contributed by atoms with E-state index in [-0.39, 0.29) is 36.0 Å². The lowest BCUT2D eigenvalue weighted by atomic mass is 10.2. The summed E-state index contributed by atoms with van der Waals surface area (Å²) < 4.78 is 32.0. The minimum atomic E-state index is -0.741. The van der Waals surface area contributed by atoms with Gasteiger partial charge in [0.1, 0.15) is 17.2 Å². The van der Waals surface area contributed by atoms with E-state index < -0.39 is 17.2 Å². The Labute approximate surface area is 130 Å². The van der Waals surface area contributed by atoms with Crippen molar-refractivity contribution in [3.63, 3.8) is 0 Å². The van der Waals surface area contributed by atoms with Crippen LogP contribution < -0.4 is 5.32 Å². The molecule has 0 aliphatic heterocycles. The Bertz CT molecular complexity index is 791. The summed E-state index contributed by atoms with van der Waals surface area (Å²) in [7, 11) is 0. The fourth-order valence-electron chi connectivity index (χ4n) is 2.18. The number of rotatable bonds is 5. The van der Waals surface area contributed by atoms with Gasteiger partial charge in [0.15, 0.2) is 11.7 Å². The van der Waals surface area contributed by atoms with Gasteiger partial charge in [0.25, 0.3) is 0 Å². The fourth-order valence-corrected chi connectivity index (χ4v) is 2.18. The molecule has 1 heterocycles. The standard InChI is InChI=1S/C16H13F2N3O2/c17-10-1-2-11(12(18)7-10)13-8-20-15(23-13)4-3-14(22)21-16(9-19)5-6-16/h1-2,7-8H,3-6H2,(H,21,22). The lowest BCUT2D eigenvalue weighted by Gasteiger charge is -2.07. The average Bonchev–Trinajstić information content (AvgIpc) is 3.13. The molecule has 1 saturated carbocycles. The van der Waals surface area contributed by atoms with Crippen molar-refractivity contribution in [1.29, 1.82) is 5.26 Å². The normalized spacial score (nSPS) is 15.0. The van der Waals surface area contributed by atoms with E-state index in [2.05, 4.69) is 16.4 Å². The van der Waals surface area contributed by atoms with E-state index in [1.807, 2.05) is 0 Å². The number of carbonyl (C=O) groups is 1. The van der Waals surface area contributed by atoms with Crippen LogP contribution >= 0.6 is 0 Å². The Balaban J connectivity index is 1.61. The topological polar surface area (TPSA) is 78.9 Å². The van der Waals surface area contributed by atoms with Crippen molar-refractivity contribution in [1.82, 2.24) is 10.3 Å². The molecule has 23 heavy (non-hydrogen) atoms. The molecule has 0 bridgehead atoms. The van der Waals surface area contributed by atoms with Crippen LogP contribution in [0.3, 0.4) is 0 Å². The highest BCUT2D eigenvalue weighted by Crippen LogP contribution is 2.34. The molecule has 1 aromatic heterocycles. The van der Waals surface area contributed by atoms with Gasteiger partial charge in [0.2, 0.25) is 5.91 Å². The van der Waals surface area contributed by atoms with Gasteiger partial charge in [-0.05, 0) is 25.0 Å². The molecule has 0 atom stereocenters. The van der Waals surface area contributed by atoms with Crippen molar-refractivity contribution in [2.45, 2.75) is 31.2 Å². The van der Waals surface area contributed by atoms with E-state index in [0.29, 0.717) is 12.8 Å². The van der Waals surface area contributed by atoms with Crippen molar-refractivity contribution in [2.75, 3.05) is 0 Å². The first-order valence-electron chi connectivity index (χ1n) is 7.14. The van der Waals surface area contributed by atoms with Crippen molar-refractivity contribution in [2.24, 2.45) is 0 Å². The molecule has 2 aromatic rings. The number of hydrogen-bond donors (Lipinski definition) is 1. The van der Waals surface area contributed by atoms with E-state index in [1.165, 1.54) is 12.3 Å². The minimum absolute atomic E-state index is 0.107. The minimum Gasteiger partial charge on any atom is -0.441 e. The number of aromatic nitrogens is 1. The SMILES string of the molecule is N#CC1(NC(=O)CCc2ncc(-c3ccc(F)cc3F)o2)CC1. The summed E-state index contributed by atoms with van der Waals surface area (Å²) in [6.07, 6.45) is 3.02. The van der Waals surface area contributed by atoms with E-state index in [4.69, 9.17) is 9.68 Å². The van der Waals surface area contributed by atoms with Crippen LogP contribution in [0.1, 0.15) is 25.2 Å². The summed E-state index contributed by atoms with van der Waals surface area (Å²) in [6.45, 7) is 0. The highest BCUT2D eigenvalue weighted by Gasteiger charge is 2.44. The van der Waals surface area contributed by atoms with E-state index in [0.717, 1.165) is 12.1 Å². The average molecular weight is 317 g/mol. The van der Waals surface area contributed by atoms with Gasteiger partial charge in [-0.15, -0.1) is 0 Å². The van der Waals surface area contributed by atoms with Crippen molar-refractivity contribution in [3.05, 3.63) is 41.9 Å². The maximum absolute atomic E-state index is 13.7. The molecule has 1 N–H and O–H groups in total. The number of carbonyl (C=O) groups excluding carboxylic acids is 1. The van der Waals surface area contributed by atoms with Crippen LogP contribution in [0.5, 0.6) is 0 Å². The number of nitrogens with zero attached hydrogens (tertiary/aromatic N) is 2. The zero-order chi connectivity index (χ0) is 16.4. The van der Waals surface area contributed by atoms with Crippen molar-refractivity contribution >= 4 is 5.91 Å². The lowest BCUT2D eigenvalue weighted by molar-refractivity contribution is -0.121. The third-order valence-electron chi connectivity index (χ3n) is 3.66. The number of benzene rings is 1. The summed E-state index contributed by atoms with van der Waals surface area (Å²) in [5.41, 5.74) is -0.591. The van der Waals surface area contributed by atoms with E-state index >= 15 is 0 Å². The second kappa shape index (κ2) is 5.80. The van der Waals surface area contributed by atoms with Gasteiger partial charge >= 0.3 is 0 Å². The predicted molar refractivity (Wildman–Crippen MR) is 75.9 cm³/mol. The summed E-state index contributed by atoms with van der Waals surface area (Å²) in [5, 5.41) is 11.6. The van der Waals surface area contributed by atoms with E-state index in [1.54, 1.807) is 0 Å².